The number of benzene rings is 2. The molecule has 28 heavy (non-hydrogen) atoms. The van der Waals surface area contributed by atoms with Crippen molar-refractivity contribution in [3.63, 3.8) is 0 Å². The average molecular weight is 402 g/mol. The van der Waals surface area contributed by atoms with Crippen molar-refractivity contribution in [2.75, 3.05) is 43.3 Å². The van der Waals surface area contributed by atoms with Gasteiger partial charge in [0, 0.05) is 31.7 Å². The minimum Gasteiger partial charge on any atom is -0.336 e. The molecule has 1 saturated heterocycles. The van der Waals surface area contributed by atoms with Gasteiger partial charge in [-0.15, -0.1) is 0 Å². The normalized spacial score (nSPS) is 15.4. The first-order valence-electron chi connectivity index (χ1n) is 9.52. The lowest BCUT2D eigenvalue weighted by Crippen LogP contribution is -2.48. The quantitative estimate of drug-likeness (QED) is 0.746. The van der Waals surface area contributed by atoms with E-state index >= 15 is 0 Å². The highest BCUT2D eigenvalue weighted by atomic mass is 32.2. The van der Waals surface area contributed by atoms with Gasteiger partial charge in [0.25, 0.3) is 5.91 Å². The van der Waals surface area contributed by atoms with Crippen LogP contribution in [0.4, 0.5) is 5.69 Å². The van der Waals surface area contributed by atoms with Gasteiger partial charge in [-0.3, -0.25) is 9.10 Å². The van der Waals surface area contributed by atoms with E-state index in [2.05, 4.69) is 11.8 Å². The number of anilines is 1. The monoisotopic (exact) mass is 401 g/mol. The predicted molar refractivity (Wildman–Crippen MR) is 112 cm³/mol. The van der Waals surface area contributed by atoms with Crippen molar-refractivity contribution in [1.82, 2.24) is 9.80 Å². The second-order valence-corrected chi connectivity index (χ2v) is 8.94. The number of carbonyl (C=O) groups excluding carboxylic acids is 1. The number of para-hydroxylation sites is 1. The molecule has 1 aliphatic rings. The van der Waals surface area contributed by atoms with Gasteiger partial charge in [0.15, 0.2) is 0 Å². The molecule has 1 aliphatic heterocycles. The Morgan fingerprint density at radius 3 is 2.11 bits per heavy atom. The Hall–Kier alpha value is -2.38. The van der Waals surface area contributed by atoms with Gasteiger partial charge >= 0.3 is 0 Å². The molecular weight excluding hydrogens is 374 g/mol. The van der Waals surface area contributed by atoms with Gasteiger partial charge in [-0.25, -0.2) is 8.42 Å². The average Bonchev–Trinajstić information content (AvgIpc) is 2.72. The number of rotatable bonds is 6. The molecule has 7 heteroatoms. The molecular formula is C21H27N3O3S. The molecule has 0 spiro atoms. The van der Waals surface area contributed by atoms with Crippen molar-refractivity contribution in [2.24, 2.45) is 0 Å². The molecule has 0 N–H and O–H groups in total. The molecule has 0 unspecified atom stereocenters. The maximum absolute atomic E-state index is 12.7. The lowest BCUT2D eigenvalue weighted by molar-refractivity contribution is 0.0643. The minimum atomic E-state index is -3.41. The fourth-order valence-corrected chi connectivity index (χ4v) is 4.25. The third kappa shape index (κ3) is 4.91. The van der Waals surface area contributed by atoms with Crippen LogP contribution in [-0.2, 0) is 16.6 Å². The number of nitrogens with zero attached hydrogens (tertiary/aromatic N) is 3. The van der Waals surface area contributed by atoms with Crippen LogP contribution < -0.4 is 4.31 Å². The van der Waals surface area contributed by atoms with Crippen LogP contribution in [0.5, 0.6) is 0 Å². The van der Waals surface area contributed by atoms with Crippen molar-refractivity contribution < 1.29 is 13.2 Å². The van der Waals surface area contributed by atoms with Crippen LogP contribution in [0.3, 0.4) is 0 Å². The second-order valence-electron chi connectivity index (χ2n) is 7.03. The lowest BCUT2D eigenvalue weighted by Gasteiger charge is -2.34. The standard InChI is InChI=1S/C21H27N3O3S/c1-3-22-13-15-23(16-14-22)21(25)19-11-9-18(10-12-19)17-24(28(2,26)27)20-7-5-4-6-8-20/h4-12H,3,13-17H2,1-2H3. The molecule has 1 amide bonds. The van der Waals surface area contributed by atoms with Crippen LogP contribution in [0.25, 0.3) is 0 Å². The minimum absolute atomic E-state index is 0.0327. The number of hydrogen-bond donors (Lipinski definition) is 0. The van der Waals surface area contributed by atoms with Crippen molar-refractivity contribution >= 4 is 21.6 Å². The second kappa shape index (κ2) is 8.75. The Balaban J connectivity index is 1.70. The van der Waals surface area contributed by atoms with Crippen LogP contribution in [0.2, 0.25) is 0 Å². The van der Waals surface area contributed by atoms with Gasteiger partial charge in [0.1, 0.15) is 0 Å². The molecule has 150 valence electrons. The van der Waals surface area contributed by atoms with Crippen molar-refractivity contribution in [1.29, 1.82) is 0 Å². The summed E-state index contributed by atoms with van der Waals surface area (Å²) in [6.07, 6.45) is 1.20. The van der Waals surface area contributed by atoms with Crippen LogP contribution >= 0.6 is 0 Å². The molecule has 0 radical (unpaired) electrons. The highest BCUT2D eigenvalue weighted by Gasteiger charge is 2.22. The maximum Gasteiger partial charge on any atom is 0.253 e. The molecule has 2 aromatic rings. The van der Waals surface area contributed by atoms with E-state index in [1.54, 1.807) is 24.3 Å². The number of sulfonamides is 1. The van der Waals surface area contributed by atoms with Crippen LogP contribution in [0.1, 0.15) is 22.8 Å². The Kier molecular flexibility index (Phi) is 6.36. The Morgan fingerprint density at radius 2 is 1.57 bits per heavy atom. The number of hydrogen-bond acceptors (Lipinski definition) is 4. The van der Waals surface area contributed by atoms with Crippen LogP contribution in [0.15, 0.2) is 54.6 Å². The summed E-state index contributed by atoms with van der Waals surface area (Å²) >= 11 is 0. The number of piperazine rings is 1. The molecule has 3 rings (SSSR count). The highest BCUT2D eigenvalue weighted by molar-refractivity contribution is 7.92. The first-order chi connectivity index (χ1) is 13.4. The summed E-state index contributed by atoms with van der Waals surface area (Å²) in [7, 11) is -3.41. The van der Waals surface area contributed by atoms with Gasteiger partial charge in [0.2, 0.25) is 10.0 Å². The fourth-order valence-electron chi connectivity index (χ4n) is 3.36. The molecule has 1 heterocycles. The topological polar surface area (TPSA) is 60.9 Å². The van der Waals surface area contributed by atoms with Gasteiger partial charge in [-0.2, -0.15) is 0 Å². The summed E-state index contributed by atoms with van der Waals surface area (Å²) in [5.74, 6) is 0.0327. The lowest BCUT2D eigenvalue weighted by atomic mass is 10.1. The van der Waals surface area contributed by atoms with Gasteiger partial charge < -0.3 is 9.80 Å². The summed E-state index contributed by atoms with van der Waals surface area (Å²) in [4.78, 5) is 16.9. The summed E-state index contributed by atoms with van der Waals surface area (Å²) in [6.45, 7) is 6.66. The van der Waals surface area contributed by atoms with E-state index in [9.17, 15) is 13.2 Å². The molecule has 0 saturated carbocycles. The van der Waals surface area contributed by atoms with Crippen molar-refractivity contribution in [3.05, 3.63) is 65.7 Å². The fraction of sp³-hybridized carbons (Fsp3) is 0.381. The highest BCUT2D eigenvalue weighted by Crippen LogP contribution is 2.20. The SMILES string of the molecule is CCN1CCN(C(=O)c2ccc(CN(c3ccccc3)S(C)(=O)=O)cc2)CC1. The van der Waals surface area contributed by atoms with Crippen molar-refractivity contribution in [3.8, 4) is 0 Å². The first-order valence-corrected chi connectivity index (χ1v) is 11.4. The van der Waals surface area contributed by atoms with Crippen molar-refractivity contribution in [2.45, 2.75) is 13.5 Å². The van der Waals surface area contributed by atoms with E-state index in [0.29, 0.717) is 11.3 Å². The molecule has 6 nitrogen and oxygen atoms in total. The molecule has 0 aromatic heterocycles. The third-order valence-corrected chi connectivity index (χ3v) is 6.22. The molecule has 1 fully saturated rings. The van der Waals surface area contributed by atoms with E-state index in [4.69, 9.17) is 0 Å². The summed E-state index contributed by atoms with van der Waals surface area (Å²) in [6, 6.07) is 16.3. The molecule has 2 aromatic carbocycles. The van der Waals surface area contributed by atoms with E-state index in [1.807, 2.05) is 35.2 Å². The number of likely N-dealkylation sites (N-methyl/N-ethyl adjacent to an activating group) is 1. The predicted octanol–water partition coefficient (Wildman–Crippen LogP) is 2.43. The Bertz CT molecular complexity index is 890. The van der Waals surface area contributed by atoms with E-state index < -0.39 is 10.0 Å². The smallest absolute Gasteiger partial charge is 0.253 e. The maximum atomic E-state index is 12.7. The Morgan fingerprint density at radius 1 is 0.964 bits per heavy atom. The third-order valence-electron chi connectivity index (χ3n) is 5.08. The van der Waals surface area contributed by atoms with Crippen LogP contribution in [0, 0.1) is 0 Å². The zero-order valence-electron chi connectivity index (χ0n) is 16.4. The largest absolute Gasteiger partial charge is 0.336 e. The Labute approximate surface area is 167 Å². The zero-order chi connectivity index (χ0) is 20.1. The summed E-state index contributed by atoms with van der Waals surface area (Å²) in [5.41, 5.74) is 2.10. The first kappa shape index (κ1) is 20.4. The van der Waals surface area contributed by atoms with E-state index in [-0.39, 0.29) is 12.5 Å². The summed E-state index contributed by atoms with van der Waals surface area (Å²) < 4.78 is 25.8. The van der Waals surface area contributed by atoms with Gasteiger partial charge in [-0.05, 0) is 36.4 Å². The summed E-state index contributed by atoms with van der Waals surface area (Å²) in [5, 5.41) is 0. The van der Waals surface area contributed by atoms with E-state index in [0.717, 1.165) is 38.3 Å². The molecule has 0 atom stereocenters. The number of amides is 1. The number of carbonyl (C=O) groups is 1. The van der Waals surface area contributed by atoms with E-state index in [1.165, 1.54) is 10.6 Å². The van der Waals surface area contributed by atoms with Gasteiger partial charge in [-0.1, -0.05) is 37.3 Å². The van der Waals surface area contributed by atoms with Crippen LogP contribution in [-0.4, -0.2) is 63.1 Å². The zero-order valence-corrected chi connectivity index (χ0v) is 17.2. The molecule has 0 bridgehead atoms. The molecule has 0 aliphatic carbocycles. The van der Waals surface area contributed by atoms with Gasteiger partial charge in [0.05, 0.1) is 18.5 Å².